The fraction of sp³-hybridized carbons (Fsp3) is 0.400. The van der Waals surface area contributed by atoms with E-state index in [0.29, 0.717) is 0 Å². The number of halogens is 1. The molecular formula is C10H15FN2O4S. The molecule has 4 N–H and O–H groups in total. The molecule has 0 amide bonds. The third-order valence-electron chi connectivity index (χ3n) is 2.19. The second-order valence-electron chi connectivity index (χ2n) is 3.50. The van der Waals surface area contributed by atoms with Crippen LogP contribution in [0.3, 0.4) is 0 Å². The Labute approximate surface area is 105 Å². The highest BCUT2D eigenvalue weighted by Crippen LogP contribution is 2.28. The first kappa shape index (κ1) is 14.7. The van der Waals surface area contributed by atoms with Gasteiger partial charge in [-0.2, -0.15) is 0 Å². The van der Waals surface area contributed by atoms with Crippen molar-refractivity contribution < 1.29 is 22.7 Å². The van der Waals surface area contributed by atoms with E-state index in [0.717, 1.165) is 12.1 Å². The highest BCUT2D eigenvalue weighted by Gasteiger charge is 2.18. The lowest BCUT2D eigenvalue weighted by Crippen LogP contribution is -2.25. The van der Waals surface area contributed by atoms with Crippen LogP contribution in [0.25, 0.3) is 0 Å². The molecule has 0 aliphatic carbocycles. The molecule has 1 rings (SSSR count). The predicted molar refractivity (Wildman–Crippen MR) is 64.3 cm³/mol. The molecule has 0 radical (unpaired) electrons. The van der Waals surface area contributed by atoms with Gasteiger partial charge in [0.15, 0.2) is 11.6 Å². The van der Waals surface area contributed by atoms with Gasteiger partial charge in [0, 0.05) is 13.2 Å². The van der Waals surface area contributed by atoms with Crippen molar-refractivity contribution in [1.82, 2.24) is 4.72 Å². The number of sulfonamides is 1. The van der Waals surface area contributed by atoms with Crippen LogP contribution in [0, 0.1) is 5.82 Å². The van der Waals surface area contributed by atoms with Gasteiger partial charge in [-0.15, -0.1) is 0 Å². The molecule has 0 fully saturated rings. The monoisotopic (exact) mass is 278 g/mol. The normalized spacial score (nSPS) is 11.5. The first-order valence-electron chi connectivity index (χ1n) is 5.16. The summed E-state index contributed by atoms with van der Waals surface area (Å²) in [6, 6.07) is 1.94. The zero-order valence-corrected chi connectivity index (χ0v) is 10.6. The second kappa shape index (κ2) is 5.98. The molecule has 0 bridgehead atoms. The van der Waals surface area contributed by atoms with Gasteiger partial charge in [-0.1, -0.05) is 0 Å². The Morgan fingerprint density at radius 3 is 2.67 bits per heavy atom. The van der Waals surface area contributed by atoms with Crippen molar-refractivity contribution in [2.45, 2.75) is 11.3 Å². The number of methoxy groups -OCH3 is 1. The van der Waals surface area contributed by atoms with Crippen LogP contribution in [0.4, 0.5) is 10.1 Å². The highest BCUT2D eigenvalue weighted by molar-refractivity contribution is 7.89. The summed E-state index contributed by atoms with van der Waals surface area (Å²) in [6.07, 6.45) is 0.271. The molecule has 18 heavy (non-hydrogen) atoms. The Hall–Kier alpha value is -1.38. The van der Waals surface area contributed by atoms with Gasteiger partial charge in [-0.05, 0) is 18.6 Å². The SMILES string of the molecule is COc1c(N)cc(S(=O)(=O)NCCCO)cc1F. The maximum atomic E-state index is 13.5. The molecule has 8 heteroatoms. The first-order valence-corrected chi connectivity index (χ1v) is 6.64. The molecule has 1 aromatic carbocycles. The van der Waals surface area contributed by atoms with Gasteiger partial charge in [0.2, 0.25) is 10.0 Å². The van der Waals surface area contributed by atoms with E-state index in [-0.39, 0.29) is 35.9 Å². The van der Waals surface area contributed by atoms with E-state index in [1.165, 1.54) is 7.11 Å². The van der Waals surface area contributed by atoms with Crippen LogP contribution in [0.15, 0.2) is 17.0 Å². The molecular weight excluding hydrogens is 263 g/mol. The Kier molecular flexibility index (Phi) is 4.88. The summed E-state index contributed by atoms with van der Waals surface area (Å²) >= 11 is 0. The van der Waals surface area contributed by atoms with E-state index in [1.54, 1.807) is 0 Å². The highest BCUT2D eigenvalue weighted by atomic mass is 32.2. The molecule has 0 aliphatic heterocycles. The lowest BCUT2D eigenvalue weighted by molar-refractivity contribution is 0.289. The van der Waals surface area contributed by atoms with Gasteiger partial charge in [0.25, 0.3) is 0 Å². The zero-order valence-electron chi connectivity index (χ0n) is 9.81. The van der Waals surface area contributed by atoms with E-state index in [1.807, 2.05) is 0 Å². The number of ether oxygens (including phenoxy) is 1. The fourth-order valence-corrected chi connectivity index (χ4v) is 2.45. The van der Waals surface area contributed by atoms with Crippen LogP contribution in [-0.2, 0) is 10.0 Å². The van der Waals surface area contributed by atoms with Crippen LogP contribution >= 0.6 is 0 Å². The number of nitrogens with one attached hydrogen (secondary N) is 1. The fourth-order valence-electron chi connectivity index (χ4n) is 1.33. The number of aliphatic hydroxyl groups excluding tert-OH is 1. The van der Waals surface area contributed by atoms with Crippen molar-refractivity contribution in [3.63, 3.8) is 0 Å². The summed E-state index contributed by atoms with van der Waals surface area (Å²) in [6.45, 7) is -0.0754. The van der Waals surface area contributed by atoms with E-state index in [9.17, 15) is 12.8 Å². The Morgan fingerprint density at radius 2 is 2.17 bits per heavy atom. The van der Waals surface area contributed by atoms with Gasteiger partial charge < -0.3 is 15.6 Å². The first-order chi connectivity index (χ1) is 8.42. The number of hydrogen-bond donors (Lipinski definition) is 3. The van der Waals surface area contributed by atoms with E-state index in [4.69, 9.17) is 15.6 Å². The minimum absolute atomic E-state index is 0.0619. The molecule has 6 nitrogen and oxygen atoms in total. The van der Waals surface area contributed by atoms with Gasteiger partial charge in [0.1, 0.15) is 0 Å². The number of aliphatic hydroxyl groups is 1. The van der Waals surface area contributed by atoms with Crippen LogP contribution in [0.5, 0.6) is 5.75 Å². The van der Waals surface area contributed by atoms with Gasteiger partial charge in [0.05, 0.1) is 17.7 Å². The maximum absolute atomic E-state index is 13.5. The zero-order chi connectivity index (χ0) is 13.8. The Balaban J connectivity index is 3.03. The number of nitrogens with two attached hydrogens (primary N) is 1. The second-order valence-corrected chi connectivity index (χ2v) is 5.27. The van der Waals surface area contributed by atoms with Crippen molar-refractivity contribution in [1.29, 1.82) is 0 Å². The summed E-state index contributed by atoms with van der Waals surface area (Å²) in [5.74, 6) is -1.04. The standard InChI is InChI=1S/C10H15FN2O4S/c1-17-10-8(11)5-7(6-9(10)12)18(15,16)13-3-2-4-14/h5-6,13-14H,2-4,12H2,1H3. The Bertz CT molecular complexity index is 496. The summed E-state index contributed by atoms with van der Waals surface area (Å²) in [5.41, 5.74) is 5.39. The summed E-state index contributed by atoms with van der Waals surface area (Å²) in [5, 5.41) is 8.56. The van der Waals surface area contributed by atoms with Crippen molar-refractivity contribution >= 4 is 15.7 Å². The van der Waals surface area contributed by atoms with Crippen molar-refractivity contribution in [3.8, 4) is 5.75 Å². The third kappa shape index (κ3) is 3.31. The van der Waals surface area contributed by atoms with E-state index < -0.39 is 15.8 Å². The van der Waals surface area contributed by atoms with Crippen LogP contribution < -0.4 is 15.2 Å². The van der Waals surface area contributed by atoms with Crippen molar-refractivity contribution in [3.05, 3.63) is 17.9 Å². The minimum Gasteiger partial charge on any atom is -0.492 e. The third-order valence-corrected chi connectivity index (χ3v) is 3.63. The minimum atomic E-state index is -3.84. The van der Waals surface area contributed by atoms with Crippen LogP contribution in [0.2, 0.25) is 0 Å². The molecule has 0 unspecified atom stereocenters. The van der Waals surface area contributed by atoms with Crippen molar-refractivity contribution in [2.75, 3.05) is 26.0 Å². The topological polar surface area (TPSA) is 102 Å². The lowest BCUT2D eigenvalue weighted by Gasteiger charge is -2.10. The van der Waals surface area contributed by atoms with Crippen LogP contribution in [-0.4, -0.2) is 33.8 Å². The molecule has 0 atom stereocenters. The summed E-state index contributed by atoms with van der Waals surface area (Å²) < 4.78 is 43.9. The molecule has 0 aliphatic rings. The van der Waals surface area contributed by atoms with Crippen LogP contribution in [0.1, 0.15) is 6.42 Å². The van der Waals surface area contributed by atoms with E-state index >= 15 is 0 Å². The van der Waals surface area contributed by atoms with Crippen molar-refractivity contribution in [2.24, 2.45) is 0 Å². The van der Waals surface area contributed by atoms with Gasteiger partial charge in [-0.3, -0.25) is 0 Å². The summed E-state index contributed by atoms with van der Waals surface area (Å²) in [4.78, 5) is -0.281. The Morgan fingerprint density at radius 1 is 1.50 bits per heavy atom. The molecule has 0 heterocycles. The largest absolute Gasteiger partial charge is 0.492 e. The number of rotatable bonds is 6. The molecule has 0 spiro atoms. The summed E-state index contributed by atoms with van der Waals surface area (Å²) in [7, 11) is -2.60. The lowest BCUT2D eigenvalue weighted by atomic mass is 10.3. The van der Waals surface area contributed by atoms with Gasteiger partial charge >= 0.3 is 0 Å². The number of benzene rings is 1. The number of nitrogen functional groups attached to an aromatic ring is 1. The molecule has 0 aromatic heterocycles. The smallest absolute Gasteiger partial charge is 0.240 e. The van der Waals surface area contributed by atoms with E-state index in [2.05, 4.69) is 4.72 Å². The number of hydrogen-bond acceptors (Lipinski definition) is 5. The molecule has 102 valence electrons. The molecule has 0 saturated heterocycles. The average molecular weight is 278 g/mol. The maximum Gasteiger partial charge on any atom is 0.240 e. The number of anilines is 1. The average Bonchev–Trinajstić information content (AvgIpc) is 2.28. The predicted octanol–water partition coefficient (Wildman–Crippen LogP) is 0.0772. The molecule has 1 aromatic rings. The quantitative estimate of drug-likeness (QED) is 0.505. The molecule has 0 saturated carbocycles. The van der Waals surface area contributed by atoms with Gasteiger partial charge in [-0.25, -0.2) is 17.5 Å².